The smallest absolute Gasteiger partial charge is 0.165 e. The van der Waals surface area contributed by atoms with Crippen LogP contribution in [0.5, 0.6) is 11.5 Å². The first kappa shape index (κ1) is 21.3. The lowest BCUT2D eigenvalue weighted by Crippen LogP contribution is -2.39. The Balaban J connectivity index is 1.99. The summed E-state index contributed by atoms with van der Waals surface area (Å²) in [6, 6.07) is 25.2. The largest absolute Gasteiger partial charge is 0.493 e. The van der Waals surface area contributed by atoms with E-state index in [0.717, 1.165) is 23.7 Å². The average Bonchev–Trinajstić information content (AvgIpc) is 2.83. The molecule has 0 radical (unpaired) electrons. The Morgan fingerprint density at radius 3 is 1.93 bits per heavy atom. The zero-order chi connectivity index (χ0) is 21.4. The fourth-order valence-corrected chi connectivity index (χ4v) is 3.62. The topological polar surface area (TPSA) is 52.6 Å². The van der Waals surface area contributed by atoms with Crippen molar-refractivity contribution in [2.24, 2.45) is 0 Å². The summed E-state index contributed by atoms with van der Waals surface area (Å²) in [5.41, 5.74) is 1.68. The molecule has 3 aromatic carbocycles. The molecule has 0 fully saturated rings. The Hall–Kier alpha value is -3.40. The van der Waals surface area contributed by atoms with Gasteiger partial charge in [-0.3, -0.25) is 9.59 Å². The third-order valence-electron chi connectivity index (χ3n) is 5.40. The van der Waals surface area contributed by atoms with Crippen LogP contribution >= 0.6 is 0 Å². The lowest BCUT2D eigenvalue weighted by molar-refractivity contribution is -0.122. The van der Waals surface area contributed by atoms with Gasteiger partial charge in [-0.05, 0) is 35.7 Å². The van der Waals surface area contributed by atoms with E-state index in [2.05, 4.69) is 24.3 Å². The molecule has 0 aromatic heterocycles. The van der Waals surface area contributed by atoms with E-state index < -0.39 is 5.60 Å². The van der Waals surface area contributed by atoms with Gasteiger partial charge in [-0.25, -0.2) is 0 Å². The number of methoxy groups -OCH3 is 1. The van der Waals surface area contributed by atoms with E-state index in [0.29, 0.717) is 29.9 Å². The lowest BCUT2D eigenvalue weighted by Gasteiger charge is -2.33. The molecular formula is C26H26O4. The highest BCUT2D eigenvalue weighted by Gasteiger charge is 2.35. The summed E-state index contributed by atoms with van der Waals surface area (Å²) < 4.78 is 11.7. The van der Waals surface area contributed by atoms with Gasteiger partial charge in [0, 0.05) is 17.9 Å². The van der Waals surface area contributed by atoms with Crippen molar-refractivity contribution in [2.45, 2.75) is 31.3 Å². The number of aldehydes is 2. The molecule has 154 valence electrons. The van der Waals surface area contributed by atoms with E-state index in [1.165, 1.54) is 7.11 Å². The minimum atomic E-state index is -1.05. The van der Waals surface area contributed by atoms with Gasteiger partial charge >= 0.3 is 0 Å². The Kier molecular flexibility index (Phi) is 7.02. The first-order valence-electron chi connectivity index (χ1n) is 10.0. The van der Waals surface area contributed by atoms with Crippen molar-refractivity contribution in [3.05, 3.63) is 95.6 Å². The van der Waals surface area contributed by atoms with Gasteiger partial charge in [-0.1, -0.05) is 67.6 Å². The van der Waals surface area contributed by atoms with Crippen LogP contribution in [0.4, 0.5) is 0 Å². The predicted octanol–water partition coefficient (Wildman–Crippen LogP) is 5.46. The van der Waals surface area contributed by atoms with Crippen molar-refractivity contribution in [3.63, 3.8) is 0 Å². The number of benzene rings is 3. The molecule has 4 heteroatoms. The molecule has 0 aliphatic carbocycles. The van der Waals surface area contributed by atoms with Crippen LogP contribution in [-0.4, -0.2) is 25.3 Å². The summed E-state index contributed by atoms with van der Waals surface area (Å²) in [6.07, 6.45) is 2.60. The van der Waals surface area contributed by atoms with E-state index in [9.17, 15) is 9.59 Å². The minimum absolute atomic E-state index is 0.0159. The molecule has 0 saturated heterocycles. The van der Waals surface area contributed by atoms with Gasteiger partial charge in [-0.2, -0.15) is 0 Å². The molecule has 3 aromatic rings. The monoisotopic (exact) mass is 402 g/mol. The summed E-state index contributed by atoms with van der Waals surface area (Å²) >= 11 is 0. The molecule has 3 rings (SSSR count). The van der Waals surface area contributed by atoms with Crippen molar-refractivity contribution in [1.82, 2.24) is 0 Å². The predicted molar refractivity (Wildman–Crippen MR) is 117 cm³/mol. The first-order chi connectivity index (χ1) is 14.6. The number of rotatable bonds is 10. The van der Waals surface area contributed by atoms with E-state index in [1.54, 1.807) is 18.2 Å². The van der Waals surface area contributed by atoms with Crippen molar-refractivity contribution in [1.29, 1.82) is 0 Å². The van der Waals surface area contributed by atoms with Gasteiger partial charge in [0.15, 0.2) is 23.4 Å². The standard InChI is InChI=1S/C26H26O4/c1-3-26(19-28,30-24-15-14-20(18-27)16-25(24)29-2)17-23(21-10-6-4-7-11-21)22-12-8-5-9-13-22/h4-16,18-19,23H,3,17H2,1-2H3. The van der Waals surface area contributed by atoms with Gasteiger partial charge in [-0.15, -0.1) is 0 Å². The summed E-state index contributed by atoms with van der Waals surface area (Å²) in [4.78, 5) is 23.5. The van der Waals surface area contributed by atoms with Crippen molar-refractivity contribution >= 4 is 12.6 Å². The highest BCUT2D eigenvalue weighted by atomic mass is 16.5. The molecule has 1 atom stereocenters. The molecule has 0 N–H and O–H groups in total. The Bertz CT molecular complexity index is 929. The maximum absolute atomic E-state index is 12.4. The fourth-order valence-electron chi connectivity index (χ4n) is 3.62. The van der Waals surface area contributed by atoms with Crippen LogP contribution in [0.1, 0.15) is 47.2 Å². The molecule has 0 heterocycles. The summed E-state index contributed by atoms with van der Waals surface area (Å²) in [7, 11) is 1.52. The molecule has 1 unspecified atom stereocenters. The molecule has 0 bridgehead atoms. The first-order valence-corrected chi connectivity index (χ1v) is 10.0. The highest BCUT2D eigenvalue weighted by molar-refractivity contribution is 5.76. The molecule has 0 spiro atoms. The maximum atomic E-state index is 12.4. The van der Waals surface area contributed by atoms with Gasteiger partial charge in [0.1, 0.15) is 6.29 Å². The van der Waals surface area contributed by atoms with Crippen molar-refractivity contribution in [3.8, 4) is 11.5 Å². The van der Waals surface area contributed by atoms with Crippen LogP contribution in [0.3, 0.4) is 0 Å². The van der Waals surface area contributed by atoms with Gasteiger partial charge in [0.2, 0.25) is 0 Å². The second-order valence-corrected chi connectivity index (χ2v) is 7.24. The fraction of sp³-hybridized carbons (Fsp3) is 0.231. The van der Waals surface area contributed by atoms with Gasteiger partial charge in [0.25, 0.3) is 0 Å². The molecule has 0 saturated carbocycles. The average molecular weight is 402 g/mol. The van der Waals surface area contributed by atoms with E-state index in [4.69, 9.17) is 9.47 Å². The van der Waals surface area contributed by atoms with E-state index in [1.807, 2.05) is 43.3 Å². The van der Waals surface area contributed by atoms with Crippen LogP contribution in [0.25, 0.3) is 0 Å². The quantitative estimate of drug-likeness (QED) is 0.423. The number of hydrogen-bond acceptors (Lipinski definition) is 4. The second-order valence-electron chi connectivity index (χ2n) is 7.24. The molecule has 0 amide bonds. The summed E-state index contributed by atoms with van der Waals surface area (Å²) in [5.74, 6) is 0.852. The zero-order valence-corrected chi connectivity index (χ0v) is 17.3. The van der Waals surface area contributed by atoms with E-state index >= 15 is 0 Å². The normalized spacial score (nSPS) is 12.8. The molecule has 4 nitrogen and oxygen atoms in total. The third-order valence-corrected chi connectivity index (χ3v) is 5.40. The second kappa shape index (κ2) is 9.88. The highest BCUT2D eigenvalue weighted by Crippen LogP contribution is 2.38. The number of carbonyl (C=O) groups is 2. The molecular weight excluding hydrogens is 376 g/mol. The lowest BCUT2D eigenvalue weighted by atomic mass is 9.81. The van der Waals surface area contributed by atoms with Crippen LogP contribution in [0.2, 0.25) is 0 Å². The van der Waals surface area contributed by atoms with Crippen molar-refractivity contribution in [2.75, 3.05) is 7.11 Å². The molecule has 0 aliphatic heterocycles. The number of ether oxygens (including phenoxy) is 2. The van der Waals surface area contributed by atoms with Crippen LogP contribution in [0.15, 0.2) is 78.9 Å². The van der Waals surface area contributed by atoms with Crippen LogP contribution in [-0.2, 0) is 4.79 Å². The van der Waals surface area contributed by atoms with Crippen molar-refractivity contribution < 1.29 is 19.1 Å². The number of carbonyl (C=O) groups excluding carboxylic acids is 2. The summed E-state index contributed by atoms with van der Waals surface area (Å²) in [6.45, 7) is 1.94. The minimum Gasteiger partial charge on any atom is -0.493 e. The van der Waals surface area contributed by atoms with Gasteiger partial charge < -0.3 is 9.47 Å². The zero-order valence-electron chi connectivity index (χ0n) is 17.3. The maximum Gasteiger partial charge on any atom is 0.165 e. The molecule has 30 heavy (non-hydrogen) atoms. The van der Waals surface area contributed by atoms with Crippen LogP contribution in [0, 0.1) is 0 Å². The third kappa shape index (κ3) is 4.77. The van der Waals surface area contributed by atoms with Gasteiger partial charge in [0.05, 0.1) is 7.11 Å². The molecule has 0 aliphatic rings. The van der Waals surface area contributed by atoms with Crippen LogP contribution < -0.4 is 9.47 Å². The SMILES string of the molecule is CCC(C=O)(CC(c1ccccc1)c1ccccc1)Oc1ccc(C=O)cc1OC. The Morgan fingerprint density at radius 1 is 0.867 bits per heavy atom. The Morgan fingerprint density at radius 2 is 1.47 bits per heavy atom. The van der Waals surface area contributed by atoms with E-state index in [-0.39, 0.29) is 5.92 Å². The summed E-state index contributed by atoms with van der Waals surface area (Å²) in [5, 5.41) is 0. The number of hydrogen-bond donors (Lipinski definition) is 0. The Labute approximate surface area is 177 Å².